The summed E-state index contributed by atoms with van der Waals surface area (Å²) in [6.45, 7) is -0.411. The molecule has 0 fully saturated rings. The first kappa shape index (κ1) is 11.9. The van der Waals surface area contributed by atoms with Crippen molar-refractivity contribution in [3.05, 3.63) is 29.6 Å². The summed E-state index contributed by atoms with van der Waals surface area (Å²) < 4.78 is 18.5. The summed E-state index contributed by atoms with van der Waals surface area (Å²) in [5, 5.41) is 9.06. The summed E-state index contributed by atoms with van der Waals surface area (Å²) in [5.74, 6) is -0.405. The maximum atomic E-state index is 12.8. The van der Waals surface area contributed by atoms with Crippen molar-refractivity contribution in [1.82, 2.24) is 8.96 Å². The van der Waals surface area contributed by atoms with Crippen LogP contribution in [0, 0.1) is 0 Å². The largest absolute Gasteiger partial charge is 0.465 e. The van der Waals surface area contributed by atoms with Gasteiger partial charge in [-0.2, -0.15) is 0 Å². The number of aliphatic hydroxyl groups excluding tert-OH is 1. The Hall–Kier alpha value is -1.60. The molecule has 0 aliphatic carbocycles. The number of esters is 1. The van der Waals surface area contributed by atoms with E-state index in [0.29, 0.717) is 11.0 Å². The molecular formula is C10H9FN2O3S. The number of halogens is 1. The number of carbonyl (C=O) groups excluding carboxylic acids is 1. The van der Waals surface area contributed by atoms with E-state index in [1.165, 1.54) is 13.2 Å². The van der Waals surface area contributed by atoms with Crippen molar-refractivity contribution < 1.29 is 18.5 Å². The summed E-state index contributed by atoms with van der Waals surface area (Å²) in [5.41, 5.74) is 0.977. The van der Waals surface area contributed by atoms with Crippen LogP contribution in [-0.4, -0.2) is 27.1 Å². The van der Waals surface area contributed by atoms with Crippen LogP contribution in [0.5, 0.6) is 0 Å². The molecule has 0 aliphatic heterocycles. The van der Waals surface area contributed by atoms with Crippen LogP contribution in [0.1, 0.15) is 16.2 Å². The highest BCUT2D eigenvalue weighted by molar-refractivity contribution is 7.92. The first-order chi connectivity index (χ1) is 8.22. The van der Waals surface area contributed by atoms with Crippen LogP contribution in [0.2, 0.25) is 0 Å². The standard InChI is InChI=1S/C10H9FN2O3S/c1-16-10(15)6-3-2-4-7-9(6)12-8(5-14)13(7)17-11/h2-4,14H,5H2,1H3. The molecule has 2 rings (SSSR count). The topological polar surface area (TPSA) is 64.3 Å². The molecule has 0 aliphatic rings. The quantitative estimate of drug-likeness (QED) is 0.847. The van der Waals surface area contributed by atoms with Crippen LogP contribution in [0.15, 0.2) is 18.2 Å². The Balaban J connectivity index is 2.73. The average molecular weight is 256 g/mol. The Morgan fingerprint density at radius 2 is 2.41 bits per heavy atom. The Bertz CT molecular complexity index is 570. The summed E-state index contributed by atoms with van der Waals surface area (Å²) >= 11 is -0.0738. The molecule has 1 aromatic carbocycles. The molecule has 0 amide bonds. The number of imidazole rings is 1. The van der Waals surface area contributed by atoms with Crippen molar-refractivity contribution in [3.63, 3.8) is 0 Å². The van der Waals surface area contributed by atoms with Crippen molar-refractivity contribution >= 4 is 29.3 Å². The summed E-state index contributed by atoms with van der Waals surface area (Å²) in [6, 6.07) is 4.75. The van der Waals surface area contributed by atoms with Crippen LogP contribution in [0.3, 0.4) is 0 Å². The van der Waals surface area contributed by atoms with E-state index in [9.17, 15) is 8.68 Å². The number of aromatic nitrogens is 2. The molecule has 0 unspecified atom stereocenters. The molecule has 0 spiro atoms. The van der Waals surface area contributed by atoms with E-state index in [1.807, 2.05) is 0 Å². The zero-order valence-electron chi connectivity index (χ0n) is 8.88. The number of aliphatic hydroxyl groups is 1. The van der Waals surface area contributed by atoms with E-state index < -0.39 is 12.6 Å². The molecule has 2 aromatic rings. The summed E-state index contributed by atoms with van der Waals surface area (Å²) in [4.78, 5) is 15.5. The van der Waals surface area contributed by atoms with Gasteiger partial charge in [0.15, 0.2) is 12.3 Å². The monoisotopic (exact) mass is 256 g/mol. The Kier molecular flexibility index (Phi) is 3.30. The van der Waals surface area contributed by atoms with Crippen molar-refractivity contribution in [2.75, 3.05) is 7.11 Å². The van der Waals surface area contributed by atoms with Crippen LogP contribution >= 0.6 is 12.3 Å². The second-order valence-electron chi connectivity index (χ2n) is 3.21. The number of rotatable bonds is 3. The minimum absolute atomic E-state index is 0.0738. The van der Waals surface area contributed by atoms with Crippen LogP contribution in [-0.2, 0) is 11.3 Å². The molecule has 1 N–H and O–H groups in total. The van der Waals surface area contributed by atoms with E-state index in [1.54, 1.807) is 12.1 Å². The number of para-hydroxylation sites is 1. The third kappa shape index (κ3) is 1.87. The smallest absolute Gasteiger partial charge is 0.340 e. The summed E-state index contributed by atoms with van der Waals surface area (Å²) in [6.07, 6.45) is 0. The van der Waals surface area contributed by atoms with Gasteiger partial charge in [-0.25, -0.2) is 13.8 Å². The second-order valence-corrected chi connectivity index (χ2v) is 3.72. The van der Waals surface area contributed by atoms with E-state index in [2.05, 4.69) is 9.72 Å². The molecule has 17 heavy (non-hydrogen) atoms. The fraction of sp³-hybridized carbons (Fsp3) is 0.200. The van der Waals surface area contributed by atoms with Gasteiger partial charge in [0.2, 0.25) is 0 Å². The molecule has 0 saturated carbocycles. The number of hydrogen-bond donors (Lipinski definition) is 1. The van der Waals surface area contributed by atoms with Gasteiger partial charge in [-0.1, -0.05) is 6.07 Å². The van der Waals surface area contributed by atoms with Crippen LogP contribution < -0.4 is 0 Å². The molecule has 90 valence electrons. The predicted molar refractivity (Wildman–Crippen MR) is 61.1 cm³/mol. The van der Waals surface area contributed by atoms with Crippen molar-refractivity contribution in [2.24, 2.45) is 0 Å². The Morgan fingerprint density at radius 1 is 1.65 bits per heavy atom. The predicted octanol–water partition coefficient (Wildman–Crippen LogP) is 1.70. The molecular weight excluding hydrogens is 247 g/mol. The second kappa shape index (κ2) is 4.72. The van der Waals surface area contributed by atoms with Crippen molar-refractivity contribution in [3.8, 4) is 0 Å². The fourth-order valence-corrected chi connectivity index (χ4v) is 1.98. The SMILES string of the molecule is COC(=O)c1cccc2c1nc(CO)n2SF. The van der Waals surface area contributed by atoms with Gasteiger partial charge in [0, 0.05) is 0 Å². The van der Waals surface area contributed by atoms with Crippen LogP contribution in [0.4, 0.5) is 3.89 Å². The van der Waals surface area contributed by atoms with Crippen LogP contribution in [0.25, 0.3) is 11.0 Å². The molecule has 1 aromatic heterocycles. The minimum atomic E-state index is -0.548. The highest BCUT2D eigenvalue weighted by atomic mass is 32.2. The molecule has 1 heterocycles. The number of hydrogen-bond acceptors (Lipinski definition) is 5. The third-order valence-electron chi connectivity index (χ3n) is 2.32. The van der Waals surface area contributed by atoms with Gasteiger partial charge in [0.05, 0.1) is 18.2 Å². The Morgan fingerprint density at radius 3 is 3.00 bits per heavy atom. The molecule has 0 bridgehead atoms. The first-order valence-electron chi connectivity index (χ1n) is 4.71. The van der Waals surface area contributed by atoms with Crippen molar-refractivity contribution in [2.45, 2.75) is 6.61 Å². The molecule has 5 nitrogen and oxygen atoms in total. The highest BCUT2D eigenvalue weighted by Gasteiger charge is 2.17. The van der Waals surface area contributed by atoms with Gasteiger partial charge in [-0.3, -0.25) is 0 Å². The third-order valence-corrected chi connectivity index (χ3v) is 2.87. The maximum absolute atomic E-state index is 12.8. The number of fused-ring (bicyclic) bond motifs is 1. The number of methoxy groups -OCH3 is 1. The van der Waals surface area contributed by atoms with Gasteiger partial charge in [0.1, 0.15) is 17.9 Å². The van der Waals surface area contributed by atoms with Crippen molar-refractivity contribution in [1.29, 1.82) is 0 Å². The molecule has 7 heteroatoms. The maximum Gasteiger partial charge on any atom is 0.340 e. The fourth-order valence-electron chi connectivity index (χ4n) is 1.58. The number of benzene rings is 1. The van der Waals surface area contributed by atoms with E-state index in [0.717, 1.165) is 3.97 Å². The lowest BCUT2D eigenvalue weighted by Crippen LogP contribution is -2.01. The lowest BCUT2D eigenvalue weighted by Gasteiger charge is -2.00. The molecule has 0 saturated heterocycles. The lowest BCUT2D eigenvalue weighted by molar-refractivity contribution is 0.0603. The molecule has 0 atom stereocenters. The van der Waals surface area contributed by atoms with Gasteiger partial charge < -0.3 is 9.84 Å². The van der Waals surface area contributed by atoms with Gasteiger partial charge in [0.25, 0.3) is 0 Å². The minimum Gasteiger partial charge on any atom is -0.465 e. The van der Waals surface area contributed by atoms with E-state index in [4.69, 9.17) is 5.11 Å². The number of carbonyl (C=O) groups is 1. The average Bonchev–Trinajstić information content (AvgIpc) is 2.74. The lowest BCUT2D eigenvalue weighted by atomic mass is 10.2. The number of nitrogens with zero attached hydrogens (tertiary/aromatic N) is 2. The van der Waals surface area contributed by atoms with E-state index >= 15 is 0 Å². The zero-order valence-corrected chi connectivity index (χ0v) is 9.70. The summed E-state index contributed by atoms with van der Waals surface area (Å²) in [7, 11) is 1.26. The van der Waals surface area contributed by atoms with Gasteiger partial charge >= 0.3 is 5.97 Å². The molecule has 0 radical (unpaired) electrons. The van der Waals surface area contributed by atoms with Gasteiger partial charge in [-0.15, -0.1) is 3.89 Å². The highest BCUT2D eigenvalue weighted by Crippen LogP contribution is 2.25. The Labute approximate surface area is 101 Å². The number of ether oxygens (including phenoxy) is 1. The first-order valence-corrected chi connectivity index (χ1v) is 5.39. The van der Waals surface area contributed by atoms with E-state index in [-0.39, 0.29) is 23.7 Å². The zero-order chi connectivity index (χ0) is 12.4. The normalized spacial score (nSPS) is 10.8. The van der Waals surface area contributed by atoms with Gasteiger partial charge in [-0.05, 0) is 12.1 Å².